The number of rotatable bonds is 3. The Bertz CT molecular complexity index is 617. The summed E-state index contributed by atoms with van der Waals surface area (Å²) >= 11 is 0. The molecule has 0 aromatic heterocycles. The number of ether oxygens (including phenoxy) is 3. The Morgan fingerprint density at radius 3 is 1.95 bits per heavy atom. The maximum absolute atomic E-state index is 12.2. The third-order valence-electron chi connectivity index (χ3n) is 2.06. The topological polar surface area (TPSA) is 68.5 Å². The lowest BCUT2D eigenvalue weighted by molar-refractivity contribution is -0.277. The molecule has 1 rings (SSSR count). The summed E-state index contributed by atoms with van der Waals surface area (Å²) in [6, 6.07) is 1.77. The average molecular weight is 329 g/mol. The van der Waals surface area contributed by atoms with Gasteiger partial charge in [-0.25, -0.2) is 4.79 Å². The molecule has 0 spiro atoms. The number of benzene rings is 1. The molecule has 11 heteroatoms. The highest BCUT2D eigenvalue weighted by Gasteiger charge is 2.36. The largest absolute Gasteiger partial charge is 0.573 e. The second kappa shape index (κ2) is 6.00. The minimum absolute atomic E-state index is 0.277. The smallest absolute Gasteiger partial charge is 0.465 e. The van der Waals surface area contributed by atoms with Crippen LogP contribution in [0.1, 0.15) is 15.9 Å². The Hall–Kier alpha value is -2.64. The van der Waals surface area contributed by atoms with Gasteiger partial charge in [-0.05, 0) is 0 Å². The lowest BCUT2D eigenvalue weighted by atomic mass is 10.1. The second-order valence-electron chi connectivity index (χ2n) is 3.54. The fourth-order valence-corrected chi connectivity index (χ4v) is 1.34. The minimum atomic E-state index is -5.23. The van der Waals surface area contributed by atoms with Gasteiger partial charge in [0.05, 0.1) is 12.7 Å². The van der Waals surface area contributed by atoms with E-state index in [0.717, 1.165) is 7.11 Å². The van der Waals surface area contributed by atoms with Gasteiger partial charge in [-0.1, -0.05) is 0 Å². The van der Waals surface area contributed by atoms with Crippen molar-refractivity contribution in [3.63, 3.8) is 0 Å². The van der Waals surface area contributed by atoms with Crippen molar-refractivity contribution in [2.24, 2.45) is 0 Å². The van der Waals surface area contributed by atoms with Crippen molar-refractivity contribution in [2.45, 2.75) is 12.7 Å². The van der Waals surface area contributed by atoms with Gasteiger partial charge in [-0.3, -0.25) is 0 Å². The molecule has 1 aromatic carbocycles. The molecule has 0 saturated carbocycles. The van der Waals surface area contributed by atoms with E-state index >= 15 is 0 Å². The van der Waals surface area contributed by atoms with E-state index in [1.165, 1.54) is 6.07 Å². The van der Waals surface area contributed by atoms with Crippen molar-refractivity contribution in [3.8, 4) is 17.6 Å². The first kappa shape index (κ1) is 17.4. The van der Waals surface area contributed by atoms with E-state index in [0.29, 0.717) is 6.07 Å². The zero-order valence-corrected chi connectivity index (χ0v) is 10.5. The van der Waals surface area contributed by atoms with Gasteiger partial charge in [-0.15, -0.1) is 26.3 Å². The van der Waals surface area contributed by atoms with Crippen LogP contribution in [0.4, 0.5) is 26.3 Å². The predicted octanol–water partition coefficient (Wildman–Crippen LogP) is 3.14. The first-order chi connectivity index (χ1) is 9.96. The Kier molecular flexibility index (Phi) is 4.75. The molecule has 0 atom stereocenters. The van der Waals surface area contributed by atoms with Crippen molar-refractivity contribution in [2.75, 3.05) is 7.11 Å². The number of esters is 1. The van der Waals surface area contributed by atoms with E-state index in [4.69, 9.17) is 5.26 Å². The maximum atomic E-state index is 12.2. The number of nitrogens with zero attached hydrogens (tertiary/aromatic N) is 1. The third kappa shape index (κ3) is 4.72. The number of nitriles is 1. The van der Waals surface area contributed by atoms with Crippen LogP contribution in [-0.2, 0) is 4.74 Å². The molecule has 0 bridgehead atoms. The SMILES string of the molecule is COC(=O)c1cc(OC(F)(F)F)c(C#N)cc1OC(F)(F)F. The van der Waals surface area contributed by atoms with Crippen molar-refractivity contribution >= 4 is 5.97 Å². The van der Waals surface area contributed by atoms with Crippen LogP contribution in [0.25, 0.3) is 0 Å². The molecule has 0 radical (unpaired) electrons. The third-order valence-corrected chi connectivity index (χ3v) is 2.06. The van der Waals surface area contributed by atoms with Gasteiger partial charge >= 0.3 is 18.7 Å². The van der Waals surface area contributed by atoms with Gasteiger partial charge in [0.15, 0.2) is 0 Å². The first-order valence-electron chi connectivity index (χ1n) is 5.15. The van der Waals surface area contributed by atoms with Crippen LogP contribution in [-0.4, -0.2) is 25.8 Å². The summed E-state index contributed by atoms with van der Waals surface area (Å²) in [5, 5.41) is 8.67. The van der Waals surface area contributed by atoms with E-state index in [1.54, 1.807) is 0 Å². The highest BCUT2D eigenvalue weighted by molar-refractivity contribution is 5.93. The summed E-state index contributed by atoms with van der Waals surface area (Å²) in [7, 11) is 0.794. The molecule has 5 nitrogen and oxygen atoms in total. The predicted molar refractivity (Wildman–Crippen MR) is 55.9 cm³/mol. The van der Waals surface area contributed by atoms with Crippen molar-refractivity contribution < 1.29 is 45.3 Å². The van der Waals surface area contributed by atoms with E-state index < -0.39 is 41.3 Å². The number of methoxy groups -OCH3 is 1. The number of halogens is 6. The molecular weight excluding hydrogens is 324 g/mol. The van der Waals surface area contributed by atoms with Gasteiger partial charge in [0.1, 0.15) is 23.1 Å². The number of carbonyl (C=O) groups excluding carboxylic acids is 1. The molecule has 0 saturated heterocycles. The Balaban J connectivity index is 3.46. The van der Waals surface area contributed by atoms with Gasteiger partial charge in [0.2, 0.25) is 0 Å². The average Bonchev–Trinajstić information content (AvgIpc) is 2.35. The molecule has 0 amide bonds. The number of hydrogen-bond donors (Lipinski definition) is 0. The van der Waals surface area contributed by atoms with Crippen LogP contribution < -0.4 is 9.47 Å². The summed E-state index contributed by atoms with van der Waals surface area (Å²) in [6.07, 6.45) is -10.5. The molecule has 1 aromatic rings. The van der Waals surface area contributed by atoms with Gasteiger partial charge in [0.25, 0.3) is 0 Å². The minimum Gasteiger partial charge on any atom is -0.465 e. The maximum Gasteiger partial charge on any atom is 0.573 e. The number of alkyl halides is 6. The van der Waals surface area contributed by atoms with Crippen molar-refractivity contribution in [3.05, 3.63) is 23.3 Å². The van der Waals surface area contributed by atoms with E-state index in [2.05, 4.69) is 14.2 Å². The molecule has 22 heavy (non-hydrogen) atoms. The van der Waals surface area contributed by atoms with Crippen LogP contribution in [0.2, 0.25) is 0 Å². The Morgan fingerprint density at radius 2 is 1.55 bits per heavy atom. The normalized spacial score (nSPS) is 11.5. The summed E-state index contributed by atoms with van der Waals surface area (Å²) in [5.74, 6) is -3.76. The van der Waals surface area contributed by atoms with E-state index in [-0.39, 0.29) is 6.07 Å². The molecule has 120 valence electrons. The zero-order chi connectivity index (χ0) is 17.1. The number of carbonyl (C=O) groups is 1. The quantitative estimate of drug-likeness (QED) is 0.629. The van der Waals surface area contributed by atoms with Crippen LogP contribution in [0.15, 0.2) is 12.1 Å². The standard InChI is InChI=1S/C11H5F6NO4/c1-20-9(19)6-3-7(21-10(12,13)14)5(4-18)2-8(6)22-11(15,16)17/h2-3H,1H3. The molecule has 0 aliphatic rings. The van der Waals surface area contributed by atoms with Crippen LogP contribution in [0.5, 0.6) is 11.5 Å². The molecule has 0 unspecified atom stereocenters. The first-order valence-corrected chi connectivity index (χ1v) is 5.15. The van der Waals surface area contributed by atoms with Gasteiger partial charge < -0.3 is 14.2 Å². The summed E-state index contributed by atoms with van der Waals surface area (Å²) in [6.45, 7) is 0. The Morgan fingerprint density at radius 1 is 1.05 bits per heavy atom. The molecule has 0 aliphatic heterocycles. The van der Waals surface area contributed by atoms with E-state index in [9.17, 15) is 31.1 Å². The van der Waals surface area contributed by atoms with Gasteiger partial charge in [0, 0.05) is 12.1 Å². The molecular formula is C11H5F6NO4. The molecule has 0 aliphatic carbocycles. The second-order valence-corrected chi connectivity index (χ2v) is 3.54. The fourth-order valence-electron chi connectivity index (χ4n) is 1.34. The molecule has 0 fully saturated rings. The van der Waals surface area contributed by atoms with Crippen LogP contribution >= 0.6 is 0 Å². The monoisotopic (exact) mass is 329 g/mol. The lowest BCUT2D eigenvalue weighted by Gasteiger charge is -2.15. The van der Waals surface area contributed by atoms with Gasteiger partial charge in [-0.2, -0.15) is 5.26 Å². The molecule has 0 heterocycles. The van der Waals surface area contributed by atoms with Crippen molar-refractivity contribution in [1.29, 1.82) is 5.26 Å². The number of hydrogen-bond acceptors (Lipinski definition) is 5. The van der Waals surface area contributed by atoms with Crippen LogP contribution in [0, 0.1) is 11.3 Å². The summed E-state index contributed by atoms with van der Waals surface area (Å²) < 4.78 is 84.4. The zero-order valence-electron chi connectivity index (χ0n) is 10.5. The highest BCUT2D eigenvalue weighted by Crippen LogP contribution is 2.35. The molecule has 0 N–H and O–H groups in total. The summed E-state index contributed by atoms with van der Waals surface area (Å²) in [4.78, 5) is 11.3. The van der Waals surface area contributed by atoms with E-state index in [1.807, 2.05) is 0 Å². The highest BCUT2D eigenvalue weighted by atomic mass is 19.4. The van der Waals surface area contributed by atoms with Crippen molar-refractivity contribution in [1.82, 2.24) is 0 Å². The summed E-state index contributed by atoms with van der Waals surface area (Å²) in [5.41, 5.74) is -1.90. The lowest BCUT2D eigenvalue weighted by Crippen LogP contribution is -2.21. The van der Waals surface area contributed by atoms with Crippen LogP contribution in [0.3, 0.4) is 0 Å². The Labute approximate surface area is 118 Å². The fraction of sp³-hybridized carbons (Fsp3) is 0.273.